The van der Waals surface area contributed by atoms with Crippen molar-refractivity contribution in [3.05, 3.63) is 58.3 Å². The first-order valence-corrected chi connectivity index (χ1v) is 7.31. The summed E-state index contributed by atoms with van der Waals surface area (Å²) in [7, 11) is 0. The molecule has 0 aliphatic carbocycles. The third kappa shape index (κ3) is 5.39. The normalized spacial score (nSPS) is 10.3. The summed E-state index contributed by atoms with van der Waals surface area (Å²) >= 11 is 1.16. The molecule has 5 nitrogen and oxygen atoms in total. The van der Waals surface area contributed by atoms with E-state index in [0.717, 1.165) is 17.3 Å². The van der Waals surface area contributed by atoms with E-state index in [1.54, 1.807) is 12.1 Å². The first-order chi connectivity index (χ1) is 10.1. The number of benzene rings is 1. The van der Waals surface area contributed by atoms with Crippen LogP contribution in [-0.4, -0.2) is 28.2 Å². The Morgan fingerprint density at radius 1 is 1.29 bits per heavy atom. The number of thioether (sulfide) groups is 1. The molecule has 1 amide bonds. The van der Waals surface area contributed by atoms with Crippen LogP contribution in [0.4, 0.5) is 4.39 Å². The van der Waals surface area contributed by atoms with Gasteiger partial charge in [-0.15, -0.1) is 0 Å². The topological polar surface area (TPSA) is 74.8 Å². The monoisotopic (exact) mass is 307 g/mol. The van der Waals surface area contributed by atoms with Crippen molar-refractivity contribution in [3.63, 3.8) is 0 Å². The maximum atomic E-state index is 12.7. The molecule has 21 heavy (non-hydrogen) atoms. The fourth-order valence-corrected chi connectivity index (χ4v) is 2.29. The highest BCUT2D eigenvalue weighted by molar-refractivity contribution is 7.99. The number of H-pyrrole nitrogens is 1. The van der Waals surface area contributed by atoms with E-state index in [9.17, 15) is 14.0 Å². The van der Waals surface area contributed by atoms with Crippen molar-refractivity contribution in [1.29, 1.82) is 0 Å². The van der Waals surface area contributed by atoms with E-state index in [1.165, 1.54) is 24.4 Å². The Kier molecular flexibility index (Phi) is 5.51. The van der Waals surface area contributed by atoms with Gasteiger partial charge in [0.2, 0.25) is 5.91 Å². The Morgan fingerprint density at radius 3 is 2.76 bits per heavy atom. The number of aromatic nitrogens is 2. The highest BCUT2D eigenvalue weighted by Crippen LogP contribution is 2.09. The van der Waals surface area contributed by atoms with E-state index in [-0.39, 0.29) is 23.0 Å². The van der Waals surface area contributed by atoms with Crippen molar-refractivity contribution >= 4 is 17.7 Å². The van der Waals surface area contributed by atoms with E-state index in [2.05, 4.69) is 15.3 Å². The minimum Gasteiger partial charge on any atom is -0.355 e. The van der Waals surface area contributed by atoms with Gasteiger partial charge in [-0.1, -0.05) is 23.9 Å². The molecule has 0 unspecified atom stereocenters. The molecular weight excluding hydrogens is 293 g/mol. The molecule has 1 heterocycles. The number of halogens is 1. The first kappa shape index (κ1) is 15.2. The molecule has 0 aliphatic heterocycles. The van der Waals surface area contributed by atoms with Crippen molar-refractivity contribution in [2.45, 2.75) is 11.6 Å². The average Bonchev–Trinajstić information content (AvgIpc) is 2.47. The summed E-state index contributed by atoms with van der Waals surface area (Å²) < 4.78 is 12.7. The molecule has 0 bridgehead atoms. The van der Waals surface area contributed by atoms with E-state index in [1.807, 2.05) is 0 Å². The van der Waals surface area contributed by atoms with E-state index < -0.39 is 0 Å². The number of amides is 1. The van der Waals surface area contributed by atoms with Gasteiger partial charge in [0.05, 0.1) is 5.75 Å². The number of aromatic amines is 1. The molecular formula is C14H14FN3O2S. The Bertz CT molecular complexity index is 658. The van der Waals surface area contributed by atoms with Crippen molar-refractivity contribution in [2.24, 2.45) is 0 Å². The number of nitrogens with zero attached hydrogens (tertiary/aromatic N) is 1. The van der Waals surface area contributed by atoms with Gasteiger partial charge in [-0.3, -0.25) is 9.59 Å². The van der Waals surface area contributed by atoms with E-state index >= 15 is 0 Å². The lowest BCUT2D eigenvalue weighted by Crippen LogP contribution is -2.27. The number of rotatable bonds is 6. The van der Waals surface area contributed by atoms with Gasteiger partial charge in [0.1, 0.15) is 5.82 Å². The molecule has 0 aliphatic rings. The molecule has 0 radical (unpaired) electrons. The zero-order valence-corrected chi connectivity index (χ0v) is 12.0. The van der Waals surface area contributed by atoms with Crippen LogP contribution in [0.2, 0.25) is 0 Å². The number of nitrogens with one attached hydrogen (secondary N) is 2. The lowest BCUT2D eigenvalue weighted by Gasteiger charge is -2.05. The third-order valence-electron chi connectivity index (χ3n) is 2.64. The van der Waals surface area contributed by atoms with Gasteiger partial charge in [0, 0.05) is 18.8 Å². The average molecular weight is 307 g/mol. The molecule has 2 N–H and O–H groups in total. The maximum absolute atomic E-state index is 12.7. The fourth-order valence-electron chi connectivity index (χ4n) is 1.61. The fraction of sp³-hybridized carbons (Fsp3) is 0.214. The number of carbonyl (C=O) groups is 1. The molecule has 2 rings (SSSR count). The summed E-state index contributed by atoms with van der Waals surface area (Å²) in [5.74, 6) is -0.242. The summed E-state index contributed by atoms with van der Waals surface area (Å²) in [6.07, 6.45) is 2.03. The zero-order chi connectivity index (χ0) is 15.1. The molecule has 0 saturated heterocycles. The standard InChI is InChI=1S/C14H14FN3O2S/c15-11-3-1-10(2-4-11)5-7-16-13(20)9-21-14-17-8-6-12(19)18-14/h1-4,6,8H,5,7,9H2,(H,16,20)(H,17,18,19). The molecule has 0 saturated carbocycles. The highest BCUT2D eigenvalue weighted by atomic mass is 32.2. The molecule has 0 atom stereocenters. The van der Waals surface area contributed by atoms with Crippen LogP contribution in [0.5, 0.6) is 0 Å². The number of hydrogen-bond acceptors (Lipinski definition) is 4. The van der Waals surface area contributed by atoms with Crippen molar-refractivity contribution < 1.29 is 9.18 Å². The van der Waals surface area contributed by atoms with Crippen LogP contribution >= 0.6 is 11.8 Å². The van der Waals surface area contributed by atoms with Crippen molar-refractivity contribution in [1.82, 2.24) is 15.3 Å². The Morgan fingerprint density at radius 2 is 2.05 bits per heavy atom. The summed E-state index contributed by atoms with van der Waals surface area (Å²) in [5, 5.41) is 3.17. The van der Waals surface area contributed by atoms with Crippen LogP contribution in [0.3, 0.4) is 0 Å². The van der Waals surface area contributed by atoms with Crippen LogP contribution in [0, 0.1) is 5.82 Å². The number of carbonyl (C=O) groups excluding carboxylic acids is 1. The smallest absolute Gasteiger partial charge is 0.251 e. The number of hydrogen-bond donors (Lipinski definition) is 2. The Balaban J connectivity index is 1.70. The molecule has 2 aromatic rings. The molecule has 0 spiro atoms. The van der Waals surface area contributed by atoms with Gasteiger partial charge in [0.25, 0.3) is 5.56 Å². The Labute approximate surface area is 125 Å². The molecule has 0 fully saturated rings. The Hall–Kier alpha value is -2.15. The summed E-state index contributed by atoms with van der Waals surface area (Å²) in [5.41, 5.74) is 0.711. The highest BCUT2D eigenvalue weighted by Gasteiger charge is 2.04. The second-order valence-electron chi connectivity index (χ2n) is 4.25. The second-order valence-corrected chi connectivity index (χ2v) is 5.22. The van der Waals surface area contributed by atoms with Crippen LogP contribution in [0.15, 0.2) is 46.5 Å². The minimum absolute atomic E-state index is 0.145. The lowest BCUT2D eigenvalue weighted by molar-refractivity contribution is -0.118. The predicted molar refractivity (Wildman–Crippen MR) is 78.7 cm³/mol. The van der Waals surface area contributed by atoms with Gasteiger partial charge in [-0.05, 0) is 24.1 Å². The van der Waals surface area contributed by atoms with E-state index in [4.69, 9.17) is 0 Å². The zero-order valence-electron chi connectivity index (χ0n) is 11.1. The van der Waals surface area contributed by atoms with Gasteiger partial charge >= 0.3 is 0 Å². The van der Waals surface area contributed by atoms with Gasteiger partial charge in [-0.25, -0.2) is 9.37 Å². The minimum atomic E-state index is -0.275. The molecule has 110 valence electrons. The third-order valence-corrected chi connectivity index (χ3v) is 3.52. The van der Waals surface area contributed by atoms with E-state index in [0.29, 0.717) is 18.1 Å². The van der Waals surface area contributed by atoms with Crippen LogP contribution in [0.25, 0.3) is 0 Å². The van der Waals surface area contributed by atoms with Gasteiger partial charge in [0.15, 0.2) is 5.16 Å². The molecule has 7 heteroatoms. The largest absolute Gasteiger partial charge is 0.355 e. The molecule has 1 aromatic carbocycles. The SMILES string of the molecule is O=C(CSc1nccc(=O)[nH]1)NCCc1ccc(F)cc1. The summed E-state index contributed by atoms with van der Waals surface area (Å²) in [6, 6.07) is 7.48. The quantitative estimate of drug-likeness (QED) is 0.624. The summed E-state index contributed by atoms with van der Waals surface area (Å²) in [6.45, 7) is 0.476. The van der Waals surface area contributed by atoms with Crippen LogP contribution in [-0.2, 0) is 11.2 Å². The molecule has 1 aromatic heterocycles. The maximum Gasteiger partial charge on any atom is 0.251 e. The van der Waals surface area contributed by atoms with Crippen LogP contribution in [0.1, 0.15) is 5.56 Å². The van der Waals surface area contributed by atoms with Crippen LogP contribution < -0.4 is 10.9 Å². The first-order valence-electron chi connectivity index (χ1n) is 6.33. The van der Waals surface area contributed by atoms with Crippen molar-refractivity contribution in [3.8, 4) is 0 Å². The summed E-state index contributed by atoms with van der Waals surface area (Å²) in [4.78, 5) is 29.2. The van der Waals surface area contributed by atoms with Gasteiger partial charge in [-0.2, -0.15) is 0 Å². The lowest BCUT2D eigenvalue weighted by atomic mass is 10.1. The second kappa shape index (κ2) is 7.58. The van der Waals surface area contributed by atoms with Gasteiger partial charge < -0.3 is 10.3 Å². The van der Waals surface area contributed by atoms with Crippen molar-refractivity contribution in [2.75, 3.05) is 12.3 Å². The predicted octanol–water partition coefficient (Wildman–Crippen LogP) is 1.36.